The summed E-state index contributed by atoms with van der Waals surface area (Å²) in [4.78, 5) is 33.2. The van der Waals surface area contributed by atoms with Gasteiger partial charge in [0.05, 0.1) is 19.8 Å². The van der Waals surface area contributed by atoms with Crippen LogP contribution in [0.2, 0.25) is 0 Å². The van der Waals surface area contributed by atoms with Crippen LogP contribution in [0.25, 0.3) is 0 Å². The number of ketones is 3. The van der Waals surface area contributed by atoms with Crippen LogP contribution >= 0.6 is 55.6 Å². The van der Waals surface area contributed by atoms with Gasteiger partial charge in [0, 0.05) is 0 Å². The molecule has 0 bridgehead atoms. The van der Waals surface area contributed by atoms with Crippen LogP contribution < -0.4 is 0 Å². The van der Waals surface area contributed by atoms with Crippen LogP contribution in [0.1, 0.15) is 20.8 Å². The summed E-state index contributed by atoms with van der Waals surface area (Å²) >= 11 is 9.37. The van der Waals surface area contributed by atoms with E-state index in [-0.39, 0.29) is 53.9 Å². The van der Waals surface area contributed by atoms with Gasteiger partial charge in [0.25, 0.3) is 0 Å². The first-order chi connectivity index (χ1) is 13.2. The van der Waals surface area contributed by atoms with Crippen molar-refractivity contribution < 1.29 is 32.5 Å². The standard InChI is InChI=1S/C18H24Br3O7P/c1-10(2)16(22)13(19)7-26-29(25,27-8-14(20)17(23)11(3)4)28-9-15(21)18(24)12(5)6/h13-15H,1,3,5,7-9H2,2,4,6H3. The fourth-order valence-electron chi connectivity index (χ4n) is 1.61. The Hall–Kier alpha value is -0.220. The summed E-state index contributed by atoms with van der Waals surface area (Å²) in [6.45, 7) is 14.2. The van der Waals surface area contributed by atoms with Gasteiger partial charge in [-0.15, -0.1) is 0 Å². The number of hydrogen-bond donors (Lipinski definition) is 0. The van der Waals surface area contributed by atoms with E-state index in [0.717, 1.165) is 0 Å². The Labute approximate surface area is 196 Å². The van der Waals surface area contributed by atoms with E-state index in [2.05, 4.69) is 67.5 Å². The van der Waals surface area contributed by atoms with Crippen molar-refractivity contribution in [3.63, 3.8) is 0 Å². The molecule has 0 aromatic rings. The molecule has 0 amide bonds. The highest BCUT2D eigenvalue weighted by molar-refractivity contribution is 9.10. The number of carbonyl (C=O) groups excluding carboxylic acids is 3. The maximum atomic E-state index is 13.0. The van der Waals surface area contributed by atoms with Crippen molar-refractivity contribution in [2.75, 3.05) is 19.8 Å². The number of halogens is 3. The van der Waals surface area contributed by atoms with Gasteiger partial charge < -0.3 is 0 Å². The molecule has 164 valence electrons. The summed E-state index contributed by atoms with van der Waals surface area (Å²) in [5, 5.41) is 0. The number of phosphoric ester groups is 1. The highest BCUT2D eigenvalue weighted by Gasteiger charge is 2.33. The summed E-state index contributed by atoms with van der Waals surface area (Å²) < 4.78 is 28.7. The SMILES string of the molecule is C=C(C)C(=O)C(Br)COP(=O)(OCC(Br)C(=O)C(=C)C)OCC(Br)C(=O)C(=C)C. The summed E-state index contributed by atoms with van der Waals surface area (Å²) in [6, 6.07) is 0. The Morgan fingerprint density at radius 2 is 0.897 bits per heavy atom. The largest absolute Gasteiger partial charge is 0.474 e. The van der Waals surface area contributed by atoms with E-state index in [9.17, 15) is 18.9 Å². The minimum absolute atomic E-state index is 0.285. The Bertz CT molecular complexity index is 640. The molecule has 0 saturated carbocycles. The van der Waals surface area contributed by atoms with Crippen molar-refractivity contribution >= 4 is 73.0 Å². The number of alkyl halides is 3. The molecule has 3 unspecified atom stereocenters. The van der Waals surface area contributed by atoms with Crippen LogP contribution in [0.5, 0.6) is 0 Å². The zero-order chi connectivity index (χ0) is 22.9. The summed E-state index contributed by atoms with van der Waals surface area (Å²) in [5.74, 6) is -1.03. The zero-order valence-electron chi connectivity index (χ0n) is 16.4. The average Bonchev–Trinajstić information content (AvgIpc) is 2.66. The van der Waals surface area contributed by atoms with Crippen molar-refractivity contribution in [2.45, 2.75) is 35.3 Å². The quantitative estimate of drug-likeness (QED) is 0.146. The molecule has 0 heterocycles. The van der Waals surface area contributed by atoms with Crippen LogP contribution in [-0.2, 0) is 32.5 Å². The summed E-state index contributed by atoms with van der Waals surface area (Å²) in [5.41, 5.74) is 0.854. The monoisotopic (exact) mass is 620 g/mol. The third kappa shape index (κ3) is 10.6. The van der Waals surface area contributed by atoms with E-state index in [1.54, 1.807) is 0 Å². The van der Waals surface area contributed by atoms with Gasteiger partial charge in [-0.2, -0.15) is 0 Å². The number of carbonyl (C=O) groups is 3. The molecule has 0 aromatic carbocycles. The molecule has 0 fully saturated rings. The Morgan fingerprint density at radius 3 is 1.07 bits per heavy atom. The number of Topliss-reactive ketones (excluding diaryl/α,β-unsaturated/α-hetero) is 3. The molecular weight excluding hydrogens is 599 g/mol. The van der Waals surface area contributed by atoms with Crippen molar-refractivity contribution in [2.24, 2.45) is 0 Å². The molecular formula is C18H24Br3O7P. The predicted molar refractivity (Wildman–Crippen MR) is 123 cm³/mol. The van der Waals surface area contributed by atoms with Crippen LogP contribution in [0, 0.1) is 0 Å². The van der Waals surface area contributed by atoms with E-state index in [1.807, 2.05) is 0 Å². The lowest BCUT2D eigenvalue weighted by atomic mass is 10.2. The van der Waals surface area contributed by atoms with E-state index in [0.29, 0.717) is 0 Å². The lowest BCUT2D eigenvalue weighted by Gasteiger charge is -2.21. The van der Waals surface area contributed by atoms with Gasteiger partial charge in [0.2, 0.25) is 0 Å². The Morgan fingerprint density at radius 1 is 0.690 bits per heavy atom. The first kappa shape index (κ1) is 28.8. The molecule has 3 atom stereocenters. The highest BCUT2D eigenvalue weighted by atomic mass is 79.9. The molecule has 7 nitrogen and oxygen atoms in total. The molecule has 0 radical (unpaired) electrons. The second-order valence-corrected chi connectivity index (χ2v) is 11.2. The molecule has 0 aliphatic heterocycles. The minimum Gasteiger partial charge on any atom is -0.293 e. The van der Waals surface area contributed by atoms with E-state index < -0.39 is 22.3 Å². The number of hydrogen-bond acceptors (Lipinski definition) is 7. The lowest BCUT2D eigenvalue weighted by molar-refractivity contribution is -0.115. The second kappa shape index (κ2) is 13.2. The van der Waals surface area contributed by atoms with Crippen molar-refractivity contribution in [3.05, 3.63) is 36.5 Å². The number of phosphoric acid groups is 1. The van der Waals surface area contributed by atoms with Gasteiger partial charge in [-0.25, -0.2) is 4.57 Å². The first-order valence-electron chi connectivity index (χ1n) is 8.26. The van der Waals surface area contributed by atoms with Gasteiger partial charge >= 0.3 is 7.82 Å². The molecule has 0 aliphatic carbocycles. The van der Waals surface area contributed by atoms with Crippen molar-refractivity contribution in [1.82, 2.24) is 0 Å². The van der Waals surface area contributed by atoms with Gasteiger partial charge in [-0.3, -0.25) is 28.0 Å². The van der Waals surface area contributed by atoms with Gasteiger partial charge in [-0.05, 0) is 37.5 Å². The fourth-order valence-corrected chi connectivity index (χ4v) is 5.01. The maximum absolute atomic E-state index is 13.0. The third-order valence-electron chi connectivity index (χ3n) is 3.25. The molecule has 0 saturated heterocycles. The van der Waals surface area contributed by atoms with Crippen LogP contribution in [0.15, 0.2) is 36.5 Å². The van der Waals surface area contributed by atoms with Gasteiger partial charge in [0.15, 0.2) is 17.3 Å². The Kier molecular flexibility index (Phi) is 13.1. The van der Waals surface area contributed by atoms with Crippen molar-refractivity contribution in [1.29, 1.82) is 0 Å². The summed E-state index contributed by atoms with van der Waals surface area (Å²) in [6.07, 6.45) is 0. The van der Waals surface area contributed by atoms with Gasteiger partial charge in [0.1, 0.15) is 14.5 Å². The zero-order valence-corrected chi connectivity index (χ0v) is 22.1. The topological polar surface area (TPSA) is 96.0 Å². The summed E-state index contributed by atoms with van der Waals surface area (Å²) in [7, 11) is -4.23. The highest BCUT2D eigenvalue weighted by Crippen LogP contribution is 2.50. The average molecular weight is 623 g/mol. The van der Waals surface area contributed by atoms with E-state index in [4.69, 9.17) is 13.6 Å². The van der Waals surface area contributed by atoms with Crippen molar-refractivity contribution in [3.8, 4) is 0 Å². The fraction of sp³-hybridized carbons (Fsp3) is 0.500. The van der Waals surface area contributed by atoms with Crippen LogP contribution in [-0.4, -0.2) is 51.7 Å². The van der Waals surface area contributed by atoms with Crippen LogP contribution in [0.3, 0.4) is 0 Å². The minimum atomic E-state index is -4.23. The molecule has 0 aliphatic rings. The smallest absolute Gasteiger partial charge is 0.293 e. The van der Waals surface area contributed by atoms with Crippen LogP contribution in [0.4, 0.5) is 0 Å². The molecule has 0 N–H and O–H groups in total. The Balaban J connectivity index is 5.22. The van der Waals surface area contributed by atoms with E-state index >= 15 is 0 Å². The molecule has 11 heteroatoms. The molecule has 0 rings (SSSR count). The normalized spacial score (nSPS) is 16.2. The molecule has 29 heavy (non-hydrogen) atoms. The number of rotatable bonds is 15. The number of allylic oxidation sites excluding steroid dienone is 3. The third-order valence-corrected chi connectivity index (χ3v) is 6.69. The maximum Gasteiger partial charge on any atom is 0.474 e. The van der Waals surface area contributed by atoms with Gasteiger partial charge in [-0.1, -0.05) is 67.5 Å². The first-order valence-corrected chi connectivity index (χ1v) is 12.5. The second-order valence-electron chi connectivity index (χ2n) is 6.17. The lowest BCUT2D eigenvalue weighted by Crippen LogP contribution is -2.25. The predicted octanol–water partition coefficient (Wildman–Crippen LogP) is 4.87. The van der Waals surface area contributed by atoms with E-state index in [1.165, 1.54) is 20.8 Å². The molecule has 0 aromatic heterocycles. The molecule has 0 spiro atoms.